The molecule has 0 amide bonds. The molecule has 0 aliphatic heterocycles. The van der Waals surface area contributed by atoms with Crippen molar-refractivity contribution in [3.05, 3.63) is 68.5 Å². The summed E-state index contributed by atoms with van der Waals surface area (Å²) < 4.78 is 2.29. The van der Waals surface area contributed by atoms with Crippen molar-refractivity contribution in [1.82, 2.24) is 9.78 Å². The predicted molar refractivity (Wildman–Crippen MR) is 89.9 cm³/mol. The van der Waals surface area contributed by atoms with E-state index >= 15 is 0 Å². The number of nitrogens with zero attached hydrogens (tertiary/aromatic N) is 2. The Morgan fingerprint density at radius 3 is 2.76 bits per heavy atom. The van der Waals surface area contributed by atoms with Crippen molar-refractivity contribution in [2.45, 2.75) is 19.5 Å². The number of nitrogens with one attached hydrogen (secondary N) is 1. The topological polar surface area (TPSA) is 46.9 Å². The molecule has 0 aliphatic carbocycles. The molecule has 1 aromatic heterocycles. The Balaban J connectivity index is 2.23. The molecule has 0 fully saturated rings. The number of hydrogen-bond acceptors (Lipinski definition) is 3. The van der Waals surface area contributed by atoms with Crippen LogP contribution in [0, 0.1) is 0 Å². The summed E-state index contributed by atoms with van der Waals surface area (Å²) in [7, 11) is 0. The summed E-state index contributed by atoms with van der Waals surface area (Å²) in [4.78, 5) is 12.0. The molecule has 0 aliphatic rings. The second-order valence-corrected chi connectivity index (χ2v) is 5.86. The smallest absolute Gasteiger partial charge is 0.287 e. The van der Waals surface area contributed by atoms with Crippen LogP contribution < -0.4 is 10.9 Å². The number of anilines is 1. The molecule has 1 unspecified atom stereocenters. The molecule has 1 atom stereocenters. The molecule has 0 radical (unpaired) electrons. The van der Waals surface area contributed by atoms with E-state index in [0.29, 0.717) is 12.2 Å². The second-order valence-electron chi connectivity index (χ2n) is 4.57. The van der Waals surface area contributed by atoms with Crippen LogP contribution in [-0.2, 0) is 6.54 Å². The number of allylic oxidation sites excluding steroid dienone is 1. The van der Waals surface area contributed by atoms with E-state index in [1.54, 1.807) is 12.3 Å². The standard InChI is InChI=1S/C15H15BrClN3O/c1-3-8-20-15(21)14(17)13(9-18-20)19-10(2)11-4-6-12(16)7-5-11/h3-7,9-10,19H,1,8H2,2H3. The molecule has 110 valence electrons. The molecular formula is C15H15BrClN3O. The summed E-state index contributed by atoms with van der Waals surface area (Å²) in [6.45, 7) is 5.91. The lowest BCUT2D eigenvalue weighted by atomic mass is 10.1. The number of rotatable bonds is 5. The normalized spacial score (nSPS) is 12.0. The van der Waals surface area contributed by atoms with Crippen molar-refractivity contribution in [3.63, 3.8) is 0 Å². The third-order valence-corrected chi connectivity index (χ3v) is 3.92. The molecule has 2 rings (SSSR count). The summed E-state index contributed by atoms with van der Waals surface area (Å²) in [6.07, 6.45) is 3.16. The molecule has 2 aromatic rings. The zero-order valence-corrected chi connectivity index (χ0v) is 13.9. The minimum absolute atomic E-state index is 0.00653. The molecular weight excluding hydrogens is 354 g/mol. The average Bonchev–Trinajstić information content (AvgIpc) is 2.47. The molecule has 21 heavy (non-hydrogen) atoms. The van der Waals surface area contributed by atoms with Crippen molar-refractivity contribution in [3.8, 4) is 0 Å². The highest BCUT2D eigenvalue weighted by Gasteiger charge is 2.12. The van der Waals surface area contributed by atoms with Gasteiger partial charge >= 0.3 is 0 Å². The molecule has 1 heterocycles. The lowest BCUT2D eigenvalue weighted by Gasteiger charge is -2.16. The summed E-state index contributed by atoms with van der Waals surface area (Å²) in [6, 6.07) is 7.95. The van der Waals surface area contributed by atoms with Crippen LogP contribution >= 0.6 is 27.5 Å². The Bertz CT molecular complexity index is 697. The maximum Gasteiger partial charge on any atom is 0.287 e. The number of hydrogen-bond donors (Lipinski definition) is 1. The highest BCUT2D eigenvalue weighted by Crippen LogP contribution is 2.23. The fraction of sp³-hybridized carbons (Fsp3) is 0.200. The van der Waals surface area contributed by atoms with Gasteiger partial charge in [0.25, 0.3) is 5.56 Å². The van der Waals surface area contributed by atoms with E-state index in [1.165, 1.54) is 4.68 Å². The van der Waals surface area contributed by atoms with Gasteiger partial charge in [0.15, 0.2) is 0 Å². The van der Waals surface area contributed by atoms with Crippen molar-refractivity contribution in [2.24, 2.45) is 0 Å². The molecule has 1 N–H and O–H groups in total. The maximum absolute atomic E-state index is 12.0. The lowest BCUT2D eigenvalue weighted by molar-refractivity contribution is 0.652. The summed E-state index contributed by atoms with van der Waals surface area (Å²) in [5, 5.41) is 7.41. The first kappa shape index (κ1) is 15.8. The molecule has 6 heteroatoms. The van der Waals surface area contributed by atoms with Gasteiger partial charge in [0.2, 0.25) is 0 Å². The predicted octanol–water partition coefficient (Wildman–Crippen LogP) is 4.02. The highest BCUT2D eigenvalue weighted by molar-refractivity contribution is 9.10. The molecule has 0 saturated heterocycles. The van der Waals surface area contributed by atoms with Gasteiger partial charge in [0.1, 0.15) is 5.02 Å². The third-order valence-electron chi connectivity index (χ3n) is 3.03. The zero-order valence-electron chi connectivity index (χ0n) is 11.5. The van der Waals surface area contributed by atoms with Crippen molar-refractivity contribution in [2.75, 3.05) is 5.32 Å². The van der Waals surface area contributed by atoms with Gasteiger partial charge in [-0.25, -0.2) is 4.68 Å². The van der Waals surface area contributed by atoms with Gasteiger partial charge in [0, 0.05) is 10.5 Å². The molecule has 0 saturated carbocycles. The Hall–Kier alpha value is -1.59. The Kier molecular flexibility index (Phi) is 5.20. The highest BCUT2D eigenvalue weighted by atomic mass is 79.9. The zero-order chi connectivity index (χ0) is 15.4. The van der Waals surface area contributed by atoms with Crippen LogP contribution in [0.3, 0.4) is 0 Å². The SMILES string of the molecule is C=CCn1ncc(NC(C)c2ccc(Br)cc2)c(Cl)c1=O. The van der Waals surface area contributed by atoms with E-state index in [1.807, 2.05) is 31.2 Å². The van der Waals surface area contributed by atoms with Crippen molar-refractivity contribution >= 4 is 33.2 Å². The van der Waals surface area contributed by atoms with E-state index in [4.69, 9.17) is 11.6 Å². The van der Waals surface area contributed by atoms with Gasteiger partial charge in [-0.05, 0) is 24.6 Å². The van der Waals surface area contributed by atoms with E-state index < -0.39 is 0 Å². The first-order chi connectivity index (χ1) is 10.0. The van der Waals surface area contributed by atoms with Crippen LogP contribution in [0.4, 0.5) is 5.69 Å². The van der Waals surface area contributed by atoms with Crippen molar-refractivity contribution < 1.29 is 0 Å². The fourth-order valence-electron chi connectivity index (χ4n) is 1.89. The molecule has 0 spiro atoms. The molecule has 0 bridgehead atoms. The largest absolute Gasteiger partial charge is 0.376 e. The van der Waals surface area contributed by atoms with Crippen LogP contribution in [-0.4, -0.2) is 9.78 Å². The minimum atomic E-state index is -0.329. The van der Waals surface area contributed by atoms with E-state index in [9.17, 15) is 4.79 Å². The van der Waals surface area contributed by atoms with Gasteiger partial charge in [0.05, 0.1) is 18.4 Å². The Morgan fingerprint density at radius 2 is 2.14 bits per heavy atom. The molecule has 1 aromatic carbocycles. The third kappa shape index (κ3) is 3.74. The van der Waals surface area contributed by atoms with E-state index in [2.05, 4.69) is 32.9 Å². The summed E-state index contributed by atoms with van der Waals surface area (Å²) in [5.41, 5.74) is 1.28. The van der Waals surface area contributed by atoms with Gasteiger partial charge < -0.3 is 5.32 Å². The fourth-order valence-corrected chi connectivity index (χ4v) is 2.35. The van der Waals surface area contributed by atoms with Crippen LogP contribution in [0.25, 0.3) is 0 Å². The maximum atomic E-state index is 12.0. The van der Waals surface area contributed by atoms with Crippen LogP contribution in [0.1, 0.15) is 18.5 Å². The Morgan fingerprint density at radius 1 is 1.48 bits per heavy atom. The summed E-state index contributed by atoms with van der Waals surface area (Å²) in [5.74, 6) is 0. The first-order valence-corrected chi connectivity index (χ1v) is 7.58. The molecule has 4 nitrogen and oxygen atoms in total. The first-order valence-electron chi connectivity index (χ1n) is 6.41. The van der Waals surface area contributed by atoms with Gasteiger partial charge in [-0.15, -0.1) is 6.58 Å². The van der Waals surface area contributed by atoms with Crippen LogP contribution in [0.15, 0.2) is 52.4 Å². The number of benzene rings is 1. The summed E-state index contributed by atoms with van der Waals surface area (Å²) >= 11 is 9.51. The number of halogens is 2. The van der Waals surface area contributed by atoms with Gasteiger partial charge in [-0.3, -0.25) is 4.79 Å². The monoisotopic (exact) mass is 367 g/mol. The van der Waals surface area contributed by atoms with Gasteiger partial charge in [-0.2, -0.15) is 5.10 Å². The van der Waals surface area contributed by atoms with Crippen molar-refractivity contribution in [1.29, 1.82) is 0 Å². The van der Waals surface area contributed by atoms with Crippen LogP contribution in [0.2, 0.25) is 5.02 Å². The minimum Gasteiger partial charge on any atom is -0.376 e. The Labute approximate surface area is 136 Å². The quantitative estimate of drug-likeness (QED) is 0.811. The van der Waals surface area contributed by atoms with E-state index in [0.717, 1.165) is 10.0 Å². The average molecular weight is 369 g/mol. The lowest BCUT2D eigenvalue weighted by Crippen LogP contribution is -2.24. The van der Waals surface area contributed by atoms with Crippen LogP contribution in [0.5, 0.6) is 0 Å². The van der Waals surface area contributed by atoms with E-state index in [-0.39, 0.29) is 16.6 Å². The van der Waals surface area contributed by atoms with Gasteiger partial charge in [-0.1, -0.05) is 45.7 Å². The number of aromatic nitrogens is 2. The second kappa shape index (κ2) is 6.91.